The van der Waals surface area contributed by atoms with Gasteiger partial charge in [-0.15, -0.1) is 11.3 Å². The van der Waals surface area contributed by atoms with Crippen molar-refractivity contribution in [1.29, 1.82) is 0 Å². The molecule has 6 nitrogen and oxygen atoms in total. The summed E-state index contributed by atoms with van der Waals surface area (Å²) in [5, 5.41) is 2.56. The first kappa shape index (κ1) is 21.4. The van der Waals surface area contributed by atoms with E-state index in [1.54, 1.807) is 24.4 Å². The molecule has 0 amide bonds. The second-order valence-electron chi connectivity index (χ2n) is 6.21. The van der Waals surface area contributed by atoms with Gasteiger partial charge >= 0.3 is 5.97 Å². The van der Waals surface area contributed by atoms with Crippen LogP contribution in [0.5, 0.6) is 17.2 Å². The minimum atomic E-state index is -0.688. The zero-order valence-electron chi connectivity index (χ0n) is 17.2. The topological polar surface area (TPSA) is 71.1 Å². The number of carbonyl (C=O) groups is 2. The summed E-state index contributed by atoms with van der Waals surface area (Å²) in [5.74, 6) is 0.163. The summed E-state index contributed by atoms with van der Waals surface area (Å²) in [7, 11) is 4.50. The number of carbonyl (C=O) groups excluding carboxylic acids is 2. The van der Waals surface area contributed by atoms with Crippen LogP contribution in [0.1, 0.15) is 22.8 Å². The third-order valence-electron chi connectivity index (χ3n) is 4.46. The Kier molecular flexibility index (Phi) is 6.74. The van der Waals surface area contributed by atoms with Crippen molar-refractivity contribution in [3.63, 3.8) is 0 Å². The molecule has 0 atom stereocenters. The van der Waals surface area contributed by atoms with E-state index in [1.807, 2.05) is 24.3 Å². The summed E-state index contributed by atoms with van der Waals surface area (Å²) in [5.41, 5.74) is 0.928. The lowest BCUT2D eigenvalue weighted by atomic mass is 10.00. The molecule has 3 rings (SSSR count). The van der Waals surface area contributed by atoms with E-state index in [-0.39, 0.29) is 12.2 Å². The Morgan fingerprint density at radius 2 is 1.67 bits per heavy atom. The number of fused-ring (bicyclic) bond motifs is 1. The van der Waals surface area contributed by atoms with Crippen LogP contribution in [0.15, 0.2) is 47.4 Å². The van der Waals surface area contributed by atoms with Gasteiger partial charge < -0.3 is 18.9 Å². The SMILES string of the molecule is CCOC(=O)/C(=C\c1cc(OC)c(OC)c(OC)c1)C(=O)c1csc2ccccc12. The minimum absolute atomic E-state index is 0.0744. The number of esters is 1. The fourth-order valence-corrected chi connectivity index (χ4v) is 4.02. The van der Waals surface area contributed by atoms with Gasteiger partial charge in [0.15, 0.2) is 11.5 Å². The van der Waals surface area contributed by atoms with Gasteiger partial charge in [-0.3, -0.25) is 4.79 Å². The lowest BCUT2D eigenvalue weighted by Crippen LogP contribution is -2.16. The monoisotopic (exact) mass is 426 g/mol. The molecule has 2 aromatic carbocycles. The Balaban J connectivity index is 2.14. The molecule has 30 heavy (non-hydrogen) atoms. The molecule has 156 valence electrons. The van der Waals surface area contributed by atoms with E-state index in [1.165, 1.54) is 38.7 Å². The number of hydrogen-bond donors (Lipinski definition) is 0. The molecule has 0 N–H and O–H groups in total. The highest BCUT2D eigenvalue weighted by Gasteiger charge is 2.24. The molecule has 0 aliphatic carbocycles. The van der Waals surface area contributed by atoms with Crippen molar-refractivity contribution in [1.82, 2.24) is 0 Å². The Morgan fingerprint density at radius 1 is 1.00 bits per heavy atom. The predicted molar refractivity (Wildman–Crippen MR) is 117 cm³/mol. The number of methoxy groups -OCH3 is 3. The highest BCUT2D eigenvalue weighted by Crippen LogP contribution is 2.39. The third kappa shape index (κ3) is 4.16. The van der Waals surface area contributed by atoms with Crippen molar-refractivity contribution in [2.75, 3.05) is 27.9 Å². The van der Waals surface area contributed by atoms with Crippen LogP contribution in [-0.4, -0.2) is 39.7 Å². The molecule has 3 aromatic rings. The summed E-state index contributed by atoms with van der Waals surface area (Å²) >= 11 is 1.45. The number of rotatable bonds is 8. The Bertz CT molecular complexity index is 1090. The van der Waals surface area contributed by atoms with Crippen LogP contribution < -0.4 is 14.2 Å². The van der Waals surface area contributed by atoms with Crippen molar-refractivity contribution in [3.05, 3.63) is 58.5 Å². The molecule has 0 saturated carbocycles. The lowest BCUT2D eigenvalue weighted by Gasteiger charge is -2.13. The molecule has 0 spiro atoms. The highest BCUT2D eigenvalue weighted by molar-refractivity contribution is 7.17. The zero-order valence-corrected chi connectivity index (χ0v) is 18.0. The minimum Gasteiger partial charge on any atom is -0.493 e. The smallest absolute Gasteiger partial charge is 0.342 e. The van der Waals surface area contributed by atoms with Gasteiger partial charge in [-0.25, -0.2) is 4.79 Å². The first-order valence-corrected chi connectivity index (χ1v) is 10.1. The van der Waals surface area contributed by atoms with Gasteiger partial charge in [0.05, 0.1) is 27.9 Å². The van der Waals surface area contributed by atoms with E-state index in [2.05, 4.69) is 0 Å². The third-order valence-corrected chi connectivity index (χ3v) is 5.43. The zero-order chi connectivity index (χ0) is 21.7. The average Bonchev–Trinajstić information content (AvgIpc) is 3.20. The number of benzene rings is 2. The summed E-state index contributed by atoms with van der Waals surface area (Å²) in [6, 6.07) is 10.9. The quantitative estimate of drug-likeness (QED) is 0.170. The summed E-state index contributed by atoms with van der Waals surface area (Å²) in [6.45, 7) is 1.85. The maximum absolute atomic E-state index is 13.3. The van der Waals surface area contributed by atoms with Crippen LogP contribution in [0.4, 0.5) is 0 Å². The van der Waals surface area contributed by atoms with Crippen LogP contribution in [0.3, 0.4) is 0 Å². The second kappa shape index (κ2) is 9.45. The van der Waals surface area contributed by atoms with Gasteiger partial charge in [-0.05, 0) is 36.8 Å². The molecule has 0 saturated heterocycles. The maximum Gasteiger partial charge on any atom is 0.342 e. The predicted octanol–water partition coefficient (Wildman–Crippen LogP) is 4.76. The van der Waals surface area contributed by atoms with E-state index < -0.39 is 11.8 Å². The van der Waals surface area contributed by atoms with E-state index >= 15 is 0 Å². The number of thiophene rings is 1. The number of Topliss-reactive ketones (excluding diaryl/α,β-unsaturated/α-hetero) is 1. The molecular formula is C23H22O6S. The van der Waals surface area contributed by atoms with Crippen molar-refractivity contribution >= 4 is 39.3 Å². The Morgan fingerprint density at radius 3 is 2.27 bits per heavy atom. The fourth-order valence-electron chi connectivity index (χ4n) is 3.08. The molecule has 0 aliphatic rings. The molecule has 1 aromatic heterocycles. The van der Waals surface area contributed by atoms with Gasteiger partial charge in [0.1, 0.15) is 5.57 Å². The van der Waals surface area contributed by atoms with Crippen LogP contribution in [-0.2, 0) is 9.53 Å². The van der Waals surface area contributed by atoms with Crippen molar-refractivity contribution in [2.24, 2.45) is 0 Å². The van der Waals surface area contributed by atoms with Crippen LogP contribution in [0, 0.1) is 0 Å². The van der Waals surface area contributed by atoms with E-state index in [0.717, 1.165) is 10.1 Å². The van der Waals surface area contributed by atoms with Gasteiger partial charge in [-0.1, -0.05) is 18.2 Å². The van der Waals surface area contributed by atoms with Crippen LogP contribution >= 0.6 is 11.3 Å². The second-order valence-corrected chi connectivity index (χ2v) is 7.12. The molecule has 0 bridgehead atoms. The number of ether oxygens (including phenoxy) is 4. The first-order valence-electron chi connectivity index (χ1n) is 9.23. The van der Waals surface area contributed by atoms with Crippen LogP contribution in [0.2, 0.25) is 0 Å². The first-order chi connectivity index (χ1) is 14.5. The number of hydrogen-bond acceptors (Lipinski definition) is 7. The molecule has 7 heteroatoms. The van der Waals surface area contributed by atoms with E-state index in [4.69, 9.17) is 18.9 Å². The Hall–Kier alpha value is -3.32. The normalized spacial score (nSPS) is 11.3. The standard InChI is InChI=1S/C23H22O6S/c1-5-29-23(25)16(21(24)17-13-30-20-9-7-6-8-15(17)20)10-14-11-18(26-2)22(28-4)19(12-14)27-3/h6-13H,5H2,1-4H3/b16-10-. The molecule has 1 heterocycles. The summed E-state index contributed by atoms with van der Waals surface area (Å²) in [6.07, 6.45) is 1.48. The molecule has 0 aliphatic heterocycles. The van der Waals surface area contributed by atoms with Gasteiger partial charge in [0.2, 0.25) is 11.5 Å². The van der Waals surface area contributed by atoms with Crippen molar-refractivity contribution in [3.8, 4) is 17.2 Å². The molecule has 0 fully saturated rings. The Labute approximate surface area is 178 Å². The van der Waals surface area contributed by atoms with Crippen molar-refractivity contribution in [2.45, 2.75) is 6.92 Å². The lowest BCUT2D eigenvalue weighted by molar-refractivity contribution is -0.137. The summed E-state index contributed by atoms with van der Waals surface area (Å²) in [4.78, 5) is 26.0. The van der Waals surface area contributed by atoms with Gasteiger partial charge in [-0.2, -0.15) is 0 Å². The van der Waals surface area contributed by atoms with Crippen LogP contribution in [0.25, 0.3) is 16.2 Å². The highest BCUT2D eigenvalue weighted by atomic mass is 32.1. The fraction of sp³-hybridized carbons (Fsp3) is 0.217. The van der Waals surface area contributed by atoms with Gasteiger partial charge in [0, 0.05) is 21.0 Å². The summed E-state index contributed by atoms with van der Waals surface area (Å²) < 4.78 is 22.2. The van der Waals surface area contributed by atoms with E-state index in [9.17, 15) is 9.59 Å². The molecule has 0 radical (unpaired) electrons. The average molecular weight is 426 g/mol. The molecular weight excluding hydrogens is 404 g/mol. The molecule has 0 unspecified atom stereocenters. The maximum atomic E-state index is 13.3. The van der Waals surface area contributed by atoms with E-state index in [0.29, 0.717) is 28.4 Å². The van der Waals surface area contributed by atoms with Gasteiger partial charge in [0.25, 0.3) is 0 Å². The number of ketones is 1. The van der Waals surface area contributed by atoms with Crippen molar-refractivity contribution < 1.29 is 28.5 Å². The largest absolute Gasteiger partial charge is 0.493 e.